The molecule has 2 aromatic carbocycles. The normalized spacial score (nSPS) is 14.4. The highest BCUT2D eigenvalue weighted by Gasteiger charge is 2.21. The maximum Gasteiger partial charge on any atom is 0.255 e. The van der Waals surface area contributed by atoms with Gasteiger partial charge in [0.1, 0.15) is 0 Å². The van der Waals surface area contributed by atoms with Crippen molar-refractivity contribution in [1.82, 2.24) is 5.32 Å². The molecule has 1 atom stereocenters. The van der Waals surface area contributed by atoms with Crippen LogP contribution in [0, 0.1) is 0 Å². The molecule has 0 unspecified atom stereocenters. The van der Waals surface area contributed by atoms with E-state index < -0.39 is 0 Å². The highest BCUT2D eigenvalue weighted by Crippen LogP contribution is 2.28. The molecular formula is C26H35N3O2. The van der Waals surface area contributed by atoms with Crippen molar-refractivity contribution in [1.29, 1.82) is 0 Å². The smallest absolute Gasteiger partial charge is 0.255 e. The number of hydrogen-bond donors (Lipinski definition) is 2. The Morgan fingerprint density at radius 3 is 2.35 bits per heavy atom. The van der Waals surface area contributed by atoms with Gasteiger partial charge in [-0.1, -0.05) is 32.4 Å². The molecule has 31 heavy (non-hydrogen) atoms. The number of rotatable bonds is 9. The van der Waals surface area contributed by atoms with Gasteiger partial charge in [-0.15, -0.1) is 0 Å². The summed E-state index contributed by atoms with van der Waals surface area (Å²) in [4.78, 5) is 28.0. The van der Waals surface area contributed by atoms with Crippen LogP contribution in [0.1, 0.15) is 79.2 Å². The van der Waals surface area contributed by atoms with E-state index in [1.54, 1.807) is 6.07 Å². The minimum Gasteiger partial charge on any atom is -0.371 e. The Morgan fingerprint density at radius 1 is 1.00 bits per heavy atom. The standard InChI is InChI=1S/C26H35N3O2/c1-4-6-9-20-10-12-21(13-11-20)25(30)28-22-14-15-24(29-16-7-8-17-29)23(18-22)26(31)27-19(3)5-2/h10-15,18-19H,4-9,16-17H2,1-3H3,(H,27,31)(H,28,30)/t19-/m0/s1. The number of nitrogens with one attached hydrogen (secondary N) is 2. The van der Waals surface area contributed by atoms with E-state index in [0.29, 0.717) is 16.8 Å². The van der Waals surface area contributed by atoms with Crippen molar-refractivity contribution in [2.45, 2.75) is 65.3 Å². The maximum absolute atomic E-state index is 13.0. The largest absolute Gasteiger partial charge is 0.371 e. The van der Waals surface area contributed by atoms with E-state index >= 15 is 0 Å². The highest BCUT2D eigenvalue weighted by atomic mass is 16.2. The third kappa shape index (κ3) is 6.09. The number of benzene rings is 2. The molecule has 0 spiro atoms. The van der Waals surface area contributed by atoms with Gasteiger partial charge in [-0.2, -0.15) is 0 Å². The lowest BCUT2D eigenvalue weighted by molar-refractivity contribution is 0.0938. The first kappa shape index (κ1) is 22.9. The van der Waals surface area contributed by atoms with Gasteiger partial charge in [-0.3, -0.25) is 9.59 Å². The summed E-state index contributed by atoms with van der Waals surface area (Å²) in [6, 6.07) is 13.5. The van der Waals surface area contributed by atoms with Crippen LogP contribution < -0.4 is 15.5 Å². The first-order valence-corrected chi connectivity index (χ1v) is 11.6. The molecule has 0 bridgehead atoms. The fraction of sp³-hybridized carbons (Fsp3) is 0.462. The van der Waals surface area contributed by atoms with E-state index in [-0.39, 0.29) is 17.9 Å². The van der Waals surface area contributed by atoms with Gasteiger partial charge in [0.15, 0.2) is 0 Å². The third-order valence-corrected chi connectivity index (χ3v) is 5.97. The molecule has 1 aliphatic rings. The monoisotopic (exact) mass is 421 g/mol. The Labute approximate surface area is 186 Å². The lowest BCUT2D eigenvalue weighted by Crippen LogP contribution is -2.33. The zero-order valence-corrected chi connectivity index (χ0v) is 19.0. The molecule has 0 saturated carbocycles. The van der Waals surface area contributed by atoms with Crippen LogP contribution in [0.4, 0.5) is 11.4 Å². The summed E-state index contributed by atoms with van der Waals surface area (Å²) >= 11 is 0. The van der Waals surface area contributed by atoms with E-state index in [2.05, 4.69) is 29.4 Å². The summed E-state index contributed by atoms with van der Waals surface area (Å²) in [7, 11) is 0. The fourth-order valence-electron chi connectivity index (χ4n) is 3.84. The third-order valence-electron chi connectivity index (χ3n) is 5.97. The van der Waals surface area contributed by atoms with E-state index in [1.165, 1.54) is 5.56 Å². The van der Waals surface area contributed by atoms with Gasteiger partial charge < -0.3 is 15.5 Å². The van der Waals surface area contributed by atoms with Crippen LogP contribution >= 0.6 is 0 Å². The number of nitrogens with zero attached hydrogens (tertiary/aromatic N) is 1. The Bertz CT molecular complexity index is 886. The zero-order chi connectivity index (χ0) is 22.2. The van der Waals surface area contributed by atoms with Crippen molar-refractivity contribution in [3.8, 4) is 0 Å². The second-order valence-corrected chi connectivity index (χ2v) is 8.46. The summed E-state index contributed by atoms with van der Waals surface area (Å²) in [5.41, 5.74) is 4.07. The second kappa shape index (κ2) is 11.0. The van der Waals surface area contributed by atoms with Gasteiger partial charge >= 0.3 is 0 Å². The molecule has 2 N–H and O–H groups in total. The Kier molecular flexibility index (Phi) is 8.10. The number of anilines is 2. The summed E-state index contributed by atoms with van der Waals surface area (Å²) < 4.78 is 0. The van der Waals surface area contributed by atoms with Crippen LogP contribution in [0.3, 0.4) is 0 Å². The van der Waals surface area contributed by atoms with E-state index in [1.807, 2.05) is 43.3 Å². The van der Waals surface area contributed by atoms with Crippen LogP contribution in [0.2, 0.25) is 0 Å². The van der Waals surface area contributed by atoms with Crippen LogP contribution in [0.25, 0.3) is 0 Å². The van der Waals surface area contributed by atoms with Gasteiger partial charge in [-0.25, -0.2) is 0 Å². The summed E-state index contributed by atoms with van der Waals surface area (Å²) in [6.45, 7) is 8.15. The lowest BCUT2D eigenvalue weighted by atomic mass is 10.1. The summed E-state index contributed by atoms with van der Waals surface area (Å²) in [6.07, 6.45) is 6.48. The zero-order valence-electron chi connectivity index (χ0n) is 19.0. The van der Waals surface area contributed by atoms with E-state index in [4.69, 9.17) is 0 Å². The highest BCUT2D eigenvalue weighted by molar-refractivity contribution is 6.06. The molecule has 0 aromatic heterocycles. The van der Waals surface area contributed by atoms with Gasteiger partial charge in [0.2, 0.25) is 0 Å². The Morgan fingerprint density at radius 2 is 1.71 bits per heavy atom. The molecule has 0 radical (unpaired) electrons. The van der Waals surface area contributed by atoms with Crippen molar-refractivity contribution in [3.63, 3.8) is 0 Å². The molecule has 166 valence electrons. The molecule has 5 nitrogen and oxygen atoms in total. The number of unbranched alkanes of at least 4 members (excludes halogenated alkanes) is 1. The van der Waals surface area contributed by atoms with Crippen molar-refractivity contribution in [3.05, 3.63) is 59.2 Å². The molecule has 1 heterocycles. The van der Waals surface area contributed by atoms with Crippen molar-refractivity contribution < 1.29 is 9.59 Å². The Hall–Kier alpha value is -2.82. The van der Waals surface area contributed by atoms with E-state index in [9.17, 15) is 9.59 Å². The maximum atomic E-state index is 13.0. The van der Waals surface area contributed by atoms with Crippen molar-refractivity contribution in [2.75, 3.05) is 23.3 Å². The minimum absolute atomic E-state index is 0.0902. The first-order chi connectivity index (χ1) is 15.0. The molecule has 1 fully saturated rings. The molecule has 3 rings (SSSR count). The number of aryl methyl sites for hydroxylation is 1. The van der Waals surface area contributed by atoms with Crippen molar-refractivity contribution >= 4 is 23.2 Å². The molecule has 0 aliphatic carbocycles. The quantitative estimate of drug-likeness (QED) is 0.569. The molecule has 1 aliphatic heterocycles. The lowest BCUT2D eigenvalue weighted by Gasteiger charge is -2.23. The molecule has 1 saturated heterocycles. The minimum atomic E-state index is -0.163. The average molecular weight is 422 g/mol. The molecule has 5 heteroatoms. The Balaban J connectivity index is 1.78. The summed E-state index contributed by atoms with van der Waals surface area (Å²) in [5.74, 6) is -0.253. The first-order valence-electron chi connectivity index (χ1n) is 11.6. The molecule has 2 amide bonds. The van der Waals surface area contributed by atoms with Gasteiger partial charge in [0, 0.05) is 36.1 Å². The average Bonchev–Trinajstić information content (AvgIpc) is 3.32. The van der Waals surface area contributed by atoms with Crippen LogP contribution in [0.15, 0.2) is 42.5 Å². The summed E-state index contributed by atoms with van der Waals surface area (Å²) in [5, 5.41) is 6.03. The second-order valence-electron chi connectivity index (χ2n) is 8.46. The number of carbonyl (C=O) groups excluding carboxylic acids is 2. The van der Waals surface area contributed by atoms with Gasteiger partial charge in [0.05, 0.1) is 5.56 Å². The predicted octanol–water partition coefficient (Wildman–Crippen LogP) is 5.41. The van der Waals surface area contributed by atoms with Gasteiger partial charge in [0.25, 0.3) is 11.8 Å². The number of amides is 2. The number of carbonyl (C=O) groups is 2. The van der Waals surface area contributed by atoms with Crippen molar-refractivity contribution in [2.24, 2.45) is 0 Å². The fourth-order valence-corrected chi connectivity index (χ4v) is 3.84. The van der Waals surface area contributed by atoms with E-state index in [0.717, 1.165) is 57.3 Å². The number of hydrogen-bond acceptors (Lipinski definition) is 3. The SMILES string of the molecule is CCCCc1ccc(C(=O)Nc2ccc(N3CCCC3)c(C(=O)N[C@@H](C)CC)c2)cc1. The van der Waals surface area contributed by atoms with Crippen LogP contribution in [0.5, 0.6) is 0 Å². The van der Waals surface area contributed by atoms with Crippen LogP contribution in [-0.2, 0) is 6.42 Å². The molecule has 2 aromatic rings. The van der Waals surface area contributed by atoms with Gasteiger partial charge in [-0.05, 0) is 74.9 Å². The van der Waals surface area contributed by atoms with Crippen LogP contribution in [-0.4, -0.2) is 30.9 Å². The molecular weight excluding hydrogens is 386 g/mol. The predicted molar refractivity (Wildman–Crippen MR) is 128 cm³/mol. The topological polar surface area (TPSA) is 61.4 Å².